The van der Waals surface area contributed by atoms with Crippen LogP contribution in [0.4, 0.5) is 19.0 Å². The first-order valence-corrected chi connectivity index (χ1v) is 7.25. The van der Waals surface area contributed by atoms with Crippen molar-refractivity contribution in [1.29, 1.82) is 0 Å². The molecule has 0 bridgehead atoms. The Bertz CT molecular complexity index is 688. The molecule has 0 aromatic carbocycles. The van der Waals surface area contributed by atoms with Crippen LogP contribution in [0.3, 0.4) is 0 Å². The van der Waals surface area contributed by atoms with Crippen molar-refractivity contribution >= 4 is 28.5 Å². The van der Waals surface area contributed by atoms with Gasteiger partial charge in [0.1, 0.15) is 16.7 Å². The molecular weight excluding hydrogens is 289 g/mol. The van der Waals surface area contributed by atoms with Gasteiger partial charge in [-0.25, -0.2) is 9.97 Å². The lowest BCUT2D eigenvalue weighted by Gasteiger charge is -2.38. The molecule has 106 valence electrons. The molecule has 0 N–H and O–H groups in total. The Kier molecular flexibility index (Phi) is 3.19. The second-order valence-corrected chi connectivity index (χ2v) is 5.55. The van der Waals surface area contributed by atoms with Crippen molar-refractivity contribution in [3.8, 4) is 0 Å². The lowest BCUT2D eigenvalue weighted by molar-refractivity contribution is 0.439. The first kappa shape index (κ1) is 13.4. The summed E-state index contributed by atoms with van der Waals surface area (Å²) in [6.45, 7) is 3.43. The number of fused-ring (bicyclic) bond motifs is 1. The minimum Gasteiger partial charge on any atom is -0.355 e. The van der Waals surface area contributed by atoms with E-state index in [1.807, 2.05) is 11.8 Å². The van der Waals surface area contributed by atoms with E-state index in [4.69, 9.17) is 0 Å². The van der Waals surface area contributed by atoms with E-state index in [0.717, 1.165) is 0 Å². The van der Waals surface area contributed by atoms with Gasteiger partial charge in [-0.1, -0.05) is 18.7 Å². The van der Waals surface area contributed by atoms with E-state index < -0.39 is 17.7 Å². The van der Waals surface area contributed by atoms with Crippen LogP contribution in [0.15, 0.2) is 5.16 Å². The Labute approximate surface area is 117 Å². The van der Waals surface area contributed by atoms with Gasteiger partial charge in [0.15, 0.2) is 5.16 Å². The number of thioether (sulfide) groups is 1. The fourth-order valence-electron chi connectivity index (χ4n) is 2.26. The molecule has 1 fully saturated rings. The second-order valence-electron chi connectivity index (χ2n) is 4.78. The molecule has 0 unspecified atom stereocenters. The molecule has 3 rings (SSSR count). The van der Waals surface area contributed by atoms with Gasteiger partial charge in [-0.3, -0.25) is 0 Å². The van der Waals surface area contributed by atoms with Gasteiger partial charge in [-0.2, -0.15) is 18.2 Å². The summed E-state index contributed by atoms with van der Waals surface area (Å²) in [7, 11) is 0. The van der Waals surface area contributed by atoms with Crippen molar-refractivity contribution in [3.05, 3.63) is 17.7 Å². The molecule has 1 saturated heterocycles. The van der Waals surface area contributed by atoms with E-state index in [1.165, 1.54) is 11.8 Å². The first-order chi connectivity index (χ1) is 9.51. The third kappa shape index (κ3) is 1.98. The van der Waals surface area contributed by atoms with Crippen molar-refractivity contribution in [2.24, 2.45) is 5.92 Å². The summed E-state index contributed by atoms with van der Waals surface area (Å²) >= 11 is 1.19. The van der Waals surface area contributed by atoms with Crippen LogP contribution in [-0.4, -0.2) is 34.3 Å². The Morgan fingerprint density at radius 1 is 1.10 bits per heavy atom. The van der Waals surface area contributed by atoms with Crippen molar-refractivity contribution in [1.82, 2.24) is 15.0 Å². The van der Waals surface area contributed by atoms with Crippen LogP contribution in [-0.2, 0) is 0 Å². The maximum atomic E-state index is 13.9. The van der Waals surface area contributed by atoms with Crippen molar-refractivity contribution in [2.45, 2.75) is 12.1 Å². The molecule has 4 nitrogen and oxygen atoms in total. The fraction of sp³-hybridized carbons (Fsp3) is 0.417. The number of hydrogen-bond acceptors (Lipinski definition) is 5. The third-order valence-electron chi connectivity index (χ3n) is 3.21. The zero-order chi connectivity index (χ0) is 14.4. The maximum Gasteiger partial charge on any atom is 0.253 e. The monoisotopic (exact) mass is 300 g/mol. The minimum absolute atomic E-state index is 0.159. The molecule has 0 spiro atoms. The van der Waals surface area contributed by atoms with E-state index in [0.29, 0.717) is 19.0 Å². The number of aromatic nitrogens is 3. The highest BCUT2D eigenvalue weighted by Gasteiger charge is 2.29. The van der Waals surface area contributed by atoms with Gasteiger partial charge in [-0.05, 0) is 12.2 Å². The van der Waals surface area contributed by atoms with Crippen LogP contribution in [0.2, 0.25) is 0 Å². The number of halogens is 3. The molecule has 1 aliphatic heterocycles. The Morgan fingerprint density at radius 3 is 2.40 bits per heavy atom. The number of anilines is 1. The fourth-order valence-corrected chi connectivity index (χ4v) is 2.62. The zero-order valence-electron chi connectivity index (χ0n) is 10.8. The van der Waals surface area contributed by atoms with Crippen molar-refractivity contribution < 1.29 is 13.2 Å². The summed E-state index contributed by atoms with van der Waals surface area (Å²) < 4.78 is 41.0. The number of rotatable bonds is 2. The Morgan fingerprint density at radius 2 is 1.80 bits per heavy atom. The standard InChI is InChI=1S/C12H11F3N4S/c1-5-3-19(4-5)11-6-8(16-12(18-11)20-2)7(13)10(15)17-9(6)14/h5H,3-4H2,1-2H3. The minimum atomic E-state index is -1.48. The van der Waals surface area contributed by atoms with E-state index in [2.05, 4.69) is 15.0 Å². The van der Waals surface area contributed by atoms with Crippen LogP contribution in [0.1, 0.15) is 6.92 Å². The SMILES string of the molecule is CSc1nc(N2CC(C)C2)c2c(F)nc(F)c(F)c2n1. The van der Waals surface area contributed by atoms with Gasteiger partial charge in [0.2, 0.25) is 11.8 Å². The molecule has 2 aromatic heterocycles. The Balaban J connectivity index is 2.29. The summed E-state index contributed by atoms with van der Waals surface area (Å²) in [6.07, 6.45) is 1.72. The van der Waals surface area contributed by atoms with Gasteiger partial charge >= 0.3 is 0 Å². The van der Waals surface area contributed by atoms with Crippen LogP contribution in [0, 0.1) is 23.6 Å². The summed E-state index contributed by atoms with van der Waals surface area (Å²) in [5, 5.41) is 0.115. The van der Waals surface area contributed by atoms with E-state index in [-0.39, 0.29) is 21.9 Å². The highest BCUT2D eigenvalue weighted by Crippen LogP contribution is 2.33. The maximum absolute atomic E-state index is 13.9. The van der Waals surface area contributed by atoms with Crippen LogP contribution in [0.25, 0.3) is 10.9 Å². The van der Waals surface area contributed by atoms with Crippen molar-refractivity contribution in [2.75, 3.05) is 24.2 Å². The smallest absolute Gasteiger partial charge is 0.253 e. The highest BCUT2D eigenvalue weighted by atomic mass is 32.2. The van der Waals surface area contributed by atoms with Crippen LogP contribution >= 0.6 is 11.8 Å². The van der Waals surface area contributed by atoms with Crippen molar-refractivity contribution in [3.63, 3.8) is 0 Å². The summed E-state index contributed by atoms with van der Waals surface area (Å²) in [6, 6.07) is 0. The lowest BCUT2D eigenvalue weighted by Crippen LogP contribution is -2.45. The number of nitrogens with zero attached hydrogens (tertiary/aromatic N) is 4. The quantitative estimate of drug-likeness (QED) is 0.484. The van der Waals surface area contributed by atoms with Gasteiger partial charge in [0.25, 0.3) is 5.95 Å². The van der Waals surface area contributed by atoms with Gasteiger partial charge in [-0.15, -0.1) is 0 Å². The molecular formula is C12H11F3N4S. The number of hydrogen-bond donors (Lipinski definition) is 0. The molecule has 8 heteroatoms. The molecule has 0 amide bonds. The summed E-state index contributed by atoms with van der Waals surface area (Å²) in [4.78, 5) is 12.9. The predicted molar refractivity (Wildman–Crippen MR) is 70.4 cm³/mol. The Hall–Kier alpha value is -1.57. The second kappa shape index (κ2) is 4.76. The molecule has 20 heavy (non-hydrogen) atoms. The van der Waals surface area contributed by atoms with Gasteiger partial charge in [0.05, 0.1) is 0 Å². The third-order valence-corrected chi connectivity index (χ3v) is 3.75. The normalized spacial score (nSPS) is 15.8. The summed E-state index contributed by atoms with van der Waals surface area (Å²) in [5.41, 5.74) is -0.357. The molecule has 2 aromatic rings. The van der Waals surface area contributed by atoms with Gasteiger partial charge < -0.3 is 4.90 Å². The molecule has 0 atom stereocenters. The first-order valence-electron chi connectivity index (χ1n) is 6.02. The molecule has 1 aliphatic rings. The zero-order valence-corrected chi connectivity index (χ0v) is 11.6. The molecule has 0 saturated carbocycles. The highest BCUT2D eigenvalue weighted by molar-refractivity contribution is 7.98. The van der Waals surface area contributed by atoms with E-state index in [1.54, 1.807) is 6.26 Å². The largest absolute Gasteiger partial charge is 0.355 e. The number of pyridine rings is 1. The van der Waals surface area contributed by atoms with Crippen LogP contribution < -0.4 is 4.90 Å². The molecule has 3 heterocycles. The predicted octanol–water partition coefficient (Wildman–Crippen LogP) is 2.62. The van der Waals surface area contributed by atoms with Gasteiger partial charge in [0, 0.05) is 13.1 Å². The average Bonchev–Trinajstić information content (AvgIpc) is 2.40. The van der Waals surface area contributed by atoms with E-state index >= 15 is 0 Å². The average molecular weight is 300 g/mol. The molecule has 0 radical (unpaired) electrons. The van der Waals surface area contributed by atoms with E-state index in [9.17, 15) is 13.2 Å². The lowest BCUT2D eigenvalue weighted by atomic mass is 10.0. The molecule has 0 aliphatic carbocycles. The summed E-state index contributed by atoms with van der Waals surface area (Å²) in [5.74, 6) is -3.07. The van der Waals surface area contributed by atoms with Crippen LogP contribution in [0.5, 0.6) is 0 Å². The topological polar surface area (TPSA) is 41.9 Å².